The van der Waals surface area contributed by atoms with Gasteiger partial charge in [0.05, 0.1) is 23.2 Å². The van der Waals surface area contributed by atoms with Gasteiger partial charge >= 0.3 is 18.1 Å². The minimum atomic E-state index is -4.43. The number of alkyl halides is 3. The number of pyridine rings is 1. The molecule has 0 aliphatic rings. The number of imidazole rings is 1. The van der Waals surface area contributed by atoms with Crippen LogP contribution in [0.3, 0.4) is 0 Å². The first-order valence-electron chi connectivity index (χ1n) is 8.47. The van der Waals surface area contributed by atoms with Crippen molar-refractivity contribution in [3.63, 3.8) is 0 Å². The summed E-state index contributed by atoms with van der Waals surface area (Å²) in [7, 11) is 2.80. The first kappa shape index (κ1) is 24.3. The molecule has 1 aromatic carbocycles. The molecule has 0 fully saturated rings. The Kier molecular flexibility index (Phi) is 8.03. The molecule has 2 heterocycles. The number of fused-ring (bicyclic) bond motifs is 1. The summed E-state index contributed by atoms with van der Waals surface area (Å²) in [6, 6.07) is 6.21. The van der Waals surface area contributed by atoms with Gasteiger partial charge in [0.2, 0.25) is 0 Å². The fraction of sp³-hybridized carbons (Fsp3) is 0.278. The van der Waals surface area contributed by atoms with Crippen LogP contribution in [0, 0.1) is 6.92 Å². The highest BCUT2D eigenvalue weighted by Crippen LogP contribution is 2.31. The fourth-order valence-corrected chi connectivity index (χ4v) is 4.86. The van der Waals surface area contributed by atoms with E-state index < -0.39 is 23.8 Å². The number of rotatable bonds is 7. The van der Waals surface area contributed by atoms with Crippen molar-refractivity contribution in [1.82, 2.24) is 9.97 Å². The zero-order chi connectivity index (χ0) is 21.2. The van der Waals surface area contributed by atoms with Crippen molar-refractivity contribution in [3.8, 4) is 5.95 Å². The number of H-pyrrole nitrogens is 1. The number of aromatic nitrogens is 3. The number of hydrogen-bond donors (Lipinski definition) is 3. The molecule has 3 aromatic rings. The van der Waals surface area contributed by atoms with Crippen LogP contribution in [-0.2, 0) is 16.7 Å². The monoisotopic (exact) mass is 478 g/mol. The summed E-state index contributed by atoms with van der Waals surface area (Å²) in [5, 5.41) is 8.84. The number of carboxylic acid groups (broad SMARTS) is 1. The third-order valence-electron chi connectivity index (χ3n) is 4.20. The minimum Gasteiger partial charge on any atom is -1.00 e. The van der Waals surface area contributed by atoms with Gasteiger partial charge in [0.1, 0.15) is 11.6 Å². The number of hydrogen-bond acceptors (Lipinski definition) is 5. The number of carbonyl (C=O) groups is 1. The number of halogens is 4. The molecule has 1 unspecified atom stereocenters. The van der Waals surface area contributed by atoms with Crippen molar-refractivity contribution in [2.24, 2.45) is 5.73 Å². The summed E-state index contributed by atoms with van der Waals surface area (Å²) < 4.78 is 40.6. The molecule has 0 radical (unpaired) electrons. The molecule has 1 atom stereocenters. The smallest absolute Gasteiger partial charge is 0.416 e. The second-order valence-corrected chi connectivity index (χ2v) is 8.80. The zero-order valence-corrected chi connectivity index (χ0v) is 18.0. The second-order valence-electron chi connectivity index (χ2n) is 6.29. The third-order valence-corrected chi connectivity index (χ3v) is 6.51. The van der Waals surface area contributed by atoms with Gasteiger partial charge in [-0.25, -0.2) is 9.55 Å². The summed E-state index contributed by atoms with van der Waals surface area (Å²) in [6.45, 7) is 1.92. The average Bonchev–Trinajstić information content (AvgIpc) is 3.08. The average molecular weight is 479 g/mol. The lowest BCUT2D eigenvalue weighted by atomic mass is 10.2. The van der Waals surface area contributed by atoms with E-state index in [-0.39, 0.29) is 23.7 Å². The number of aliphatic carboxylic acids is 1. The van der Waals surface area contributed by atoms with E-state index in [1.54, 1.807) is 10.8 Å². The first-order chi connectivity index (χ1) is 13.7. The van der Waals surface area contributed by atoms with Gasteiger partial charge in [-0.1, -0.05) is 32.6 Å². The molecule has 3 rings (SSSR count). The maximum Gasteiger partial charge on any atom is 0.416 e. The lowest BCUT2D eigenvalue weighted by Gasteiger charge is -2.09. The van der Waals surface area contributed by atoms with Crippen LogP contribution in [0.1, 0.15) is 16.8 Å². The fourth-order valence-electron chi connectivity index (χ4n) is 2.60. The Bertz CT molecular complexity index is 1050. The summed E-state index contributed by atoms with van der Waals surface area (Å²) in [6.07, 6.45) is -2.65. The molecular weight excluding hydrogens is 461 g/mol. The van der Waals surface area contributed by atoms with E-state index in [1.807, 2.05) is 19.1 Å². The van der Waals surface area contributed by atoms with Crippen LogP contribution >= 0.6 is 21.6 Å². The van der Waals surface area contributed by atoms with Gasteiger partial charge < -0.3 is 23.2 Å². The van der Waals surface area contributed by atoms with Crippen LogP contribution in [0.5, 0.6) is 0 Å². The van der Waals surface area contributed by atoms with Crippen molar-refractivity contribution in [1.29, 1.82) is 0 Å². The number of aromatic amines is 1. The molecule has 0 saturated heterocycles. The van der Waals surface area contributed by atoms with Crippen LogP contribution in [0.2, 0.25) is 0 Å². The Morgan fingerprint density at radius 1 is 1.33 bits per heavy atom. The highest BCUT2D eigenvalue weighted by Gasteiger charge is 2.31. The number of nitrogens with one attached hydrogen (secondary N) is 1. The summed E-state index contributed by atoms with van der Waals surface area (Å²) in [4.78, 5) is 18.2. The Hall–Kier alpha value is -1.95. The van der Waals surface area contributed by atoms with Gasteiger partial charge in [0, 0.05) is 5.75 Å². The Labute approximate surface area is 184 Å². The highest BCUT2D eigenvalue weighted by molar-refractivity contribution is 8.76. The number of aryl methyl sites for hydroxylation is 1. The van der Waals surface area contributed by atoms with E-state index in [0.717, 1.165) is 23.4 Å². The van der Waals surface area contributed by atoms with E-state index in [1.165, 1.54) is 27.7 Å². The second kappa shape index (κ2) is 9.90. The van der Waals surface area contributed by atoms with E-state index in [0.29, 0.717) is 17.2 Å². The first-order valence-corrected chi connectivity index (χ1v) is 11.0. The van der Waals surface area contributed by atoms with Gasteiger partial charge in [-0.3, -0.25) is 4.79 Å². The van der Waals surface area contributed by atoms with E-state index in [4.69, 9.17) is 10.8 Å². The molecule has 0 aliphatic heterocycles. The number of benzene rings is 1. The molecule has 12 heteroatoms. The van der Waals surface area contributed by atoms with Gasteiger partial charge in [-0.2, -0.15) is 13.2 Å². The van der Waals surface area contributed by atoms with Crippen LogP contribution in [-0.4, -0.2) is 32.8 Å². The molecule has 4 N–H and O–H groups in total. The van der Waals surface area contributed by atoms with Crippen LogP contribution in [0.15, 0.2) is 36.5 Å². The Morgan fingerprint density at radius 2 is 2.07 bits per heavy atom. The predicted octanol–water partition coefficient (Wildman–Crippen LogP) is 0.464. The van der Waals surface area contributed by atoms with Gasteiger partial charge in [0.25, 0.3) is 0 Å². The van der Waals surface area contributed by atoms with Gasteiger partial charge in [-0.15, -0.1) is 0 Å². The van der Waals surface area contributed by atoms with Crippen molar-refractivity contribution in [3.05, 3.63) is 53.3 Å². The summed E-state index contributed by atoms with van der Waals surface area (Å²) >= 11 is 0. The molecule has 0 spiro atoms. The lowest BCUT2D eigenvalue weighted by Crippen LogP contribution is -3.00. The molecule has 2 aromatic heterocycles. The summed E-state index contributed by atoms with van der Waals surface area (Å²) in [5.74, 6) is 0.154. The van der Waals surface area contributed by atoms with Crippen LogP contribution in [0.25, 0.3) is 17.0 Å². The SMILES string of the molecule is Cc1ccc[n+](-c2nc3cc(C(F)(F)F)ccc3[nH]2)c1CSSCC(N)C(=O)O.[Cl-]. The van der Waals surface area contributed by atoms with Crippen LogP contribution < -0.4 is 22.7 Å². The van der Waals surface area contributed by atoms with Crippen molar-refractivity contribution < 1.29 is 40.0 Å². The topological polar surface area (TPSA) is 95.9 Å². The quantitative estimate of drug-likeness (QED) is 0.259. The lowest BCUT2D eigenvalue weighted by molar-refractivity contribution is -0.610. The molecular formula is C18H18ClF3N4O2S2. The molecule has 0 bridgehead atoms. The van der Waals surface area contributed by atoms with Crippen molar-refractivity contribution in [2.75, 3.05) is 5.75 Å². The Balaban J connectivity index is 0.00000320. The molecule has 6 nitrogen and oxygen atoms in total. The summed E-state index contributed by atoms with van der Waals surface area (Å²) in [5.41, 5.74) is 7.34. The van der Waals surface area contributed by atoms with Gasteiger partial charge in [0.15, 0.2) is 5.52 Å². The van der Waals surface area contributed by atoms with E-state index >= 15 is 0 Å². The molecule has 0 aliphatic carbocycles. The normalized spacial score (nSPS) is 12.6. The molecule has 162 valence electrons. The van der Waals surface area contributed by atoms with Crippen molar-refractivity contribution >= 4 is 38.6 Å². The molecule has 30 heavy (non-hydrogen) atoms. The third kappa shape index (κ3) is 5.60. The van der Waals surface area contributed by atoms with E-state index in [9.17, 15) is 18.0 Å². The molecule has 0 amide bonds. The Morgan fingerprint density at radius 3 is 2.73 bits per heavy atom. The molecule has 0 saturated carbocycles. The van der Waals surface area contributed by atoms with Crippen molar-refractivity contribution in [2.45, 2.75) is 24.9 Å². The minimum absolute atomic E-state index is 0. The highest BCUT2D eigenvalue weighted by atomic mass is 35.5. The number of nitrogens with two attached hydrogens (primary N) is 1. The maximum absolute atomic E-state index is 12.9. The zero-order valence-electron chi connectivity index (χ0n) is 15.6. The standard InChI is InChI=1S/C18H17F3N4O2S2.ClH/c1-10-3-2-6-25(15(10)9-29-28-8-12(22)16(26)27)17-23-13-5-4-11(18(19,20)21)7-14(13)24-17;/h2-7,12H,8-9,22H2,1H3,(H-,23,24,26,27);1H. The number of carboxylic acids is 1. The van der Waals surface area contributed by atoms with Crippen LogP contribution in [0.4, 0.5) is 13.2 Å². The maximum atomic E-state index is 12.9. The number of nitrogens with zero attached hydrogens (tertiary/aromatic N) is 2. The van der Waals surface area contributed by atoms with Gasteiger partial charge in [-0.05, 0) is 36.8 Å². The van der Waals surface area contributed by atoms with E-state index in [2.05, 4.69) is 9.97 Å². The predicted molar refractivity (Wildman–Crippen MR) is 107 cm³/mol. The largest absolute Gasteiger partial charge is 1.00 e.